The Hall–Kier alpha value is -0.900. The number of hydrogen-bond acceptors (Lipinski definition) is 3. The number of rotatable bonds is 8. The van der Waals surface area contributed by atoms with Crippen molar-refractivity contribution in [2.45, 2.75) is 45.9 Å². The molecule has 1 saturated heterocycles. The lowest BCUT2D eigenvalue weighted by Crippen LogP contribution is -2.44. The molecule has 0 bridgehead atoms. The van der Waals surface area contributed by atoms with Crippen LogP contribution in [0.2, 0.25) is 0 Å². The van der Waals surface area contributed by atoms with Gasteiger partial charge in [0, 0.05) is 26.2 Å². The molecule has 118 valence electrons. The molecule has 0 radical (unpaired) electrons. The fourth-order valence-corrected chi connectivity index (χ4v) is 3.24. The smallest absolute Gasteiger partial charge is 0.0716 e. The number of nitrogens with one attached hydrogen (secondary N) is 1. The van der Waals surface area contributed by atoms with E-state index in [0.29, 0.717) is 18.6 Å². The molecule has 21 heavy (non-hydrogen) atoms. The van der Waals surface area contributed by atoms with Gasteiger partial charge in [-0.15, -0.1) is 0 Å². The molecule has 0 spiro atoms. The van der Waals surface area contributed by atoms with Crippen LogP contribution in [0.4, 0.5) is 0 Å². The van der Waals surface area contributed by atoms with Crippen molar-refractivity contribution in [3.8, 4) is 0 Å². The van der Waals surface area contributed by atoms with E-state index in [-0.39, 0.29) is 0 Å². The van der Waals surface area contributed by atoms with E-state index < -0.39 is 0 Å². The van der Waals surface area contributed by atoms with E-state index >= 15 is 0 Å². The molecule has 1 heterocycles. The zero-order chi connectivity index (χ0) is 15.1. The summed E-state index contributed by atoms with van der Waals surface area (Å²) in [4.78, 5) is 2.65. The molecule has 0 saturated carbocycles. The van der Waals surface area contributed by atoms with Crippen molar-refractivity contribution in [3.05, 3.63) is 35.4 Å². The molecule has 3 heteroatoms. The Labute approximate surface area is 129 Å². The summed E-state index contributed by atoms with van der Waals surface area (Å²) in [7, 11) is 1.76. The second kappa shape index (κ2) is 8.52. The number of likely N-dealkylation sites (tertiary alicyclic amines) is 1. The topological polar surface area (TPSA) is 24.5 Å². The summed E-state index contributed by atoms with van der Waals surface area (Å²) < 4.78 is 5.28. The molecule has 1 N–H and O–H groups in total. The van der Waals surface area contributed by atoms with Gasteiger partial charge in [-0.2, -0.15) is 0 Å². The predicted octanol–water partition coefficient (Wildman–Crippen LogP) is 3.04. The quantitative estimate of drug-likeness (QED) is 0.796. The van der Waals surface area contributed by atoms with Gasteiger partial charge in [0.1, 0.15) is 0 Å². The van der Waals surface area contributed by atoms with Crippen LogP contribution in [0, 0.1) is 5.92 Å². The summed E-state index contributed by atoms with van der Waals surface area (Å²) in [6, 6.07) is 9.19. The molecule has 1 aromatic carbocycles. The Bertz CT molecular complexity index is 413. The Balaban J connectivity index is 1.87. The number of nitrogens with zero attached hydrogens (tertiary/aromatic N) is 1. The first-order valence-corrected chi connectivity index (χ1v) is 8.23. The van der Waals surface area contributed by atoms with Gasteiger partial charge in [0.15, 0.2) is 0 Å². The Morgan fingerprint density at radius 3 is 2.43 bits per heavy atom. The van der Waals surface area contributed by atoms with Crippen molar-refractivity contribution in [1.82, 2.24) is 10.2 Å². The second-order valence-electron chi connectivity index (χ2n) is 6.39. The highest BCUT2D eigenvalue weighted by molar-refractivity contribution is 5.26. The monoisotopic (exact) mass is 290 g/mol. The molecule has 1 aliphatic heterocycles. The summed E-state index contributed by atoms with van der Waals surface area (Å²) in [5.74, 6) is 0.699. The standard InChI is InChI=1S/C18H30N2O/c1-15(2)18(20-10-6-7-11-20)13-19-12-16-8-4-5-9-17(16)14-21-3/h4-5,8-9,15,18-19H,6-7,10-14H2,1-3H3. The molecule has 2 rings (SSSR count). The molecular weight excluding hydrogens is 260 g/mol. The maximum Gasteiger partial charge on any atom is 0.0716 e. The third kappa shape index (κ3) is 4.80. The van der Waals surface area contributed by atoms with E-state index in [9.17, 15) is 0 Å². The summed E-state index contributed by atoms with van der Waals surface area (Å²) in [6.45, 7) is 9.90. The van der Waals surface area contributed by atoms with Crippen molar-refractivity contribution in [2.75, 3.05) is 26.7 Å². The van der Waals surface area contributed by atoms with Crippen LogP contribution < -0.4 is 5.32 Å². The van der Waals surface area contributed by atoms with E-state index in [4.69, 9.17) is 4.74 Å². The van der Waals surface area contributed by atoms with E-state index in [1.54, 1.807) is 7.11 Å². The van der Waals surface area contributed by atoms with Gasteiger partial charge >= 0.3 is 0 Å². The Morgan fingerprint density at radius 2 is 1.81 bits per heavy atom. The van der Waals surface area contributed by atoms with Gasteiger partial charge < -0.3 is 10.1 Å². The van der Waals surface area contributed by atoms with Crippen molar-refractivity contribution in [2.24, 2.45) is 5.92 Å². The summed E-state index contributed by atoms with van der Waals surface area (Å²) in [5, 5.41) is 3.66. The fraction of sp³-hybridized carbons (Fsp3) is 0.667. The van der Waals surface area contributed by atoms with Crippen LogP contribution in [-0.4, -0.2) is 37.7 Å². The normalized spacial score (nSPS) is 17.5. The largest absolute Gasteiger partial charge is 0.380 e. The third-order valence-corrected chi connectivity index (χ3v) is 4.47. The van der Waals surface area contributed by atoms with Gasteiger partial charge in [-0.05, 0) is 43.0 Å². The van der Waals surface area contributed by atoms with Gasteiger partial charge in [0.05, 0.1) is 6.61 Å². The van der Waals surface area contributed by atoms with Crippen LogP contribution >= 0.6 is 0 Å². The maximum absolute atomic E-state index is 5.28. The van der Waals surface area contributed by atoms with Gasteiger partial charge in [-0.3, -0.25) is 4.90 Å². The van der Waals surface area contributed by atoms with Gasteiger partial charge in [-0.25, -0.2) is 0 Å². The Morgan fingerprint density at radius 1 is 1.14 bits per heavy atom. The Kier molecular flexibility index (Phi) is 6.68. The van der Waals surface area contributed by atoms with Crippen LogP contribution in [0.1, 0.15) is 37.8 Å². The maximum atomic E-state index is 5.28. The van der Waals surface area contributed by atoms with Crippen LogP contribution in [0.3, 0.4) is 0 Å². The first-order chi connectivity index (χ1) is 10.2. The first kappa shape index (κ1) is 16.5. The van der Waals surface area contributed by atoms with Gasteiger partial charge in [0.2, 0.25) is 0 Å². The molecule has 1 fully saturated rings. The molecule has 1 unspecified atom stereocenters. The highest BCUT2D eigenvalue weighted by atomic mass is 16.5. The van der Waals surface area contributed by atoms with E-state index in [1.807, 2.05) is 0 Å². The highest BCUT2D eigenvalue weighted by Crippen LogP contribution is 2.17. The molecule has 0 amide bonds. The third-order valence-electron chi connectivity index (χ3n) is 4.47. The van der Waals surface area contributed by atoms with Crippen LogP contribution in [0.5, 0.6) is 0 Å². The average molecular weight is 290 g/mol. The molecule has 3 nitrogen and oxygen atoms in total. The van der Waals surface area contributed by atoms with Crippen molar-refractivity contribution >= 4 is 0 Å². The first-order valence-electron chi connectivity index (χ1n) is 8.23. The predicted molar refractivity (Wildman–Crippen MR) is 88.3 cm³/mol. The zero-order valence-corrected chi connectivity index (χ0v) is 13.8. The second-order valence-corrected chi connectivity index (χ2v) is 6.39. The minimum atomic E-state index is 0.655. The number of ether oxygens (including phenoxy) is 1. The van der Waals surface area contributed by atoms with Crippen LogP contribution in [-0.2, 0) is 17.9 Å². The van der Waals surface area contributed by atoms with Gasteiger partial charge in [-0.1, -0.05) is 38.1 Å². The minimum absolute atomic E-state index is 0.655. The molecule has 1 atom stereocenters. The van der Waals surface area contributed by atoms with Crippen molar-refractivity contribution in [3.63, 3.8) is 0 Å². The van der Waals surface area contributed by atoms with Gasteiger partial charge in [0.25, 0.3) is 0 Å². The molecular formula is C18H30N2O. The lowest BCUT2D eigenvalue weighted by Gasteiger charge is -2.31. The highest BCUT2D eigenvalue weighted by Gasteiger charge is 2.23. The number of hydrogen-bond donors (Lipinski definition) is 1. The number of methoxy groups -OCH3 is 1. The molecule has 1 aromatic rings. The number of benzene rings is 1. The van der Waals surface area contributed by atoms with Crippen LogP contribution in [0.25, 0.3) is 0 Å². The summed E-state index contributed by atoms with van der Waals surface area (Å²) in [6.07, 6.45) is 2.72. The fourth-order valence-electron chi connectivity index (χ4n) is 3.24. The summed E-state index contributed by atoms with van der Waals surface area (Å²) >= 11 is 0. The van der Waals surface area contributed by atoms with Crippen molar-refractivity contribution in [1.29, 1.82) is 0 Å². The lowest BCUT2D eigenvalue weighted by atomic mass is 10.0. The van der Waals surface area contributed by atoms with Crippen LogP contribution in [0.15, 0.2) is 24.3 Å². The van der Waals surface area contributed by atoms with E-state index in [0.717, 1.165) is 13.1 Å². The molecule has 0 aromatic heterocycles. The summed E-state index contributed by atoms with van der Waals surface area (Å²) in [5.41, 5.74) is 2.64. The molecule has 1 aliphatic rings. The van der Waals surface area contributed by atoms with Crippen molar-refractivity contribution < 1.29 is 4.74 Å². The molecule has 0 aliphatic carbocycles. The lowest BCUT2D eigenvalue weighted by molar-refractivity contribution is 0.181. The zero-order valence-electron chi connectivity index (χ0n) is 13.8. The van der Waals surface area contributed by atoms with E-state index in [2.05, 4.69) is 48.3 Å². The average Bonchev–Trinajstić information content (AvgIpc) is 2.99. The SMILES string of the molecule is COCc1ccccc1CNCC(C(C)C)N1CCCC1. The van der Waals surface area contributed by atoms with E-state index in [1.165, 1.54) is 37.1 Å². The minimum Gasteiger partial charge on any atom is -0.380 e.